The average Bonchev–Trinajstić information content (AvgIpc) is 2.96. The SMILES string of the molecule is CCNC(Cc1ccccc1C)c1ccc2c(c1)CCO2. The Morgan fingerprint density at radius 3 is 2.86 bits per heavy atom. The van der Waals surface area contributed by atoms with Crippen molar-refractivity contribution in [2.45, 2.75) is 32.7 Å². The molecule has 2 aromatic rings. The van der Waals surface area contributed by atoms with E-state index in [0.717, 1.165) is 31.7 Å². The molecule has 21 heavy (non-hydrogen) atoms. The van der Waals surface area contributed by atoms with Crippen LogP contribution in [0.1, 0.15) is 35.2 Å². The van der Waals surface area contributed by atoms with Gasteiger partial charge in [-0.25, -0.2) is 0 Å². The molecule has 0 bridgehead atoms. The van der Waals surface area contributed by atoms with Crippen molar-refractivity contribution < 1.29 is 4.74 Å². The highest BCUT2D eigenvalue weighted by molar-refractivity contribution is 5.41. The van der Waals surface area contributed by atoms with Crippen LogP contribution >= 0.6 is 0 Å². The van der Waals surface area contributed by atoms with Crippen molar-refractivity contribution in [1.29, 1.82) is 0 Å². The minimum Gasteiger partial charge on any atom is -0.493 e. The molecule has 1 N–H and O–H groups in total. The molecule has 2 heteroatoms. The molecule has 1 atom stereocenters. The van der Waals surface area contributed by atoms with Gasteiger partial charge in [0.2, 0.25) is 0 Å². The molecule has 1 aliphatic heterocycles. The number of aryl methyl sites for hydroxylation is 1. The van der Waals surface area contributed by atoms with Crippen LogP contribution in [0.2, 0.25) is 0 Å². The number of hydrogen-bond donors (Lipinski definition) is 1. The van der Waals surface area contributed by atoms with E-state index in [1.165, 1.54) is 22.3 Å². The molecular weight excluding hydrogens is 258 g/mol. The number of likely N-dealkylation sites (N-methyl/N-ethyl adjacent to an activating group) is 1. The topological polar surface area (TPSA) is 21.3 Å². The van der Waals surface area contributed by atoms with Gasteiger partial charge < -0.3 is 10.1 Å². The zero-order valence-corrected chi connectivity index (χ0v) is 12.9. The van der Waals surface area contributed by atoms with E-state index < -0.39 is 0 Å². The van der Waals surface area contributed by atoms with Crippen molar-refractivity contribution in [3.63, 3.8) is 0 Å². The van der Waals surface area contributed by atoms with E-state index in [-0.39, 0.29) is 0 Å². The largest absolute Gasteiger partial charge is 0.493 e. The quantitative estimate of drug-likeness (QED) is 0.899. The van der Waals surface area contributed by atoms with Crippen molar-refractivity contribution in [2.24, 2.45) is 0 Å². The van der Waals surface area contributed by atoms with Gasteiger partial charge in [0.15, 0.2) is 0 Å². The van der Waals surface area contributed by atoms with Crippen LogP contribution in [0.4, 0.5) is 0 Å². The zero-order valence-electron chi connectivity index (χ0n) is 12.9. The van der Waals surface area contributed by atoms with Gasteiger partial charge in [0.05, 0.1) is 6.61 Å². The zero-order chi connectivity index (χ0) is 14.7. The molecule has 1 aliphatic rings. The fraction of sp³-hybridized carbons (Fsp3) is 0.368. The van der Waals surface area contributed by atoms with Crippen molar-refractivity contribution in [3.8, 4) is 5.75 Å². The molecule has 0 saturated carbocycles. The molecule has 2 aromatic carbocycles. The minimum atomic E-state index is 0.363. The Morgan fingerprint density at radius 1 is 1.19 bits per heavy atom. The summed E-state index contributed by atoms with van der Waals surface area (Å²) in [4.78, 5) is 0. The van der Waals surface area contributed by atoms with Crippen LogP contribution in [0.15, 0.2) is 42.5 Å². The second-order valence-corrected chi connectivity index (χ2v) is 5.71. The lowest BCUT2D eigenvalue weighted by atomic mass is 9.94. The van der Waals surface area contributed by atoms with Crippen LogP contribution in [0.3, 0.4) is 0 Å². The Hall–Kier alpha value is -1.80. The Labute approximate surface area is 127 Å². The highest BCUT2D eigenvalue weighted by Crippen LogP contribution is 2.29. The first-order chi connectivity index (χ1) is 10.3. The highest BCUT2D eigenvalue weighted by Gasteiger charge is 2.17. The van der Waals surface area contributed by atoms with Crippen LogP contribution in [0.25, 0.3) is 0 Å². The van der Waals surface area contributed by atoms with Gasteiger partial charge in [-0.1, -0.05) is 43.3 Å². The Kier molecular flexibility index (Phi) is 4.26. The normalized spacial score (nSPS) is 14.6. The van der Waals surface area contributed by atoms with Crippen molar-refractivity contribution in [1.82, 2.24) is 5.32 Å². The number of benzene rings is 2. The van der Waals surface area contributed by atoms with Crippen molar-refractivity contribution in [2.75, 3.05) is 13.2 Å². The van der Waals surface area contributed by atoms with Gasteiger partial charge >= 0.3 is 0 Å². The number of ether oxygens (including phenoxy) is 1. The maximum Gasteiger partial charge on any atom is 0.122 e. The van der Waals surface area contributed by atoms with E-state index in [9.17, 15) is 0 Å². The standard InChI is InChI=1S/C19H23NO/c1-3-20-18(13-15-7-5-4-6-14(15)2)16-8-9-19-17(12-16)10-11-21-19/h4-9,12,18,20H,3,10-11,13H2,1-2H3. The molecule has 3 rings (SSSR count). The number of nitrogens with one attached hydrogen (secondary N) is 1. The summed E-state index contributed by atoms with van der Waals surface area (Å²) in [7, 11) is 0. The van der Waals surface area contributed by atoms with Crippen LogP contribution in [-0.2, 0) is 12.8 Å². The third kappa shape index (κ3) is 3.11. The molecule has 110 valence electrons. The highest BCUT2D eigenvalue weighted by atomic mass is 16.5. The number of fused-ring (bicyclic) bond motifs is 1. The third-order valence-electron chi connectivity index (χ3n) is 4.25. The summed E-state index contributed by atoms with van der Waals surface area (Å²) in [6.07, 6.45) is 2.06. The lowest BCUT2D eigenvalue weighted by Gasteiger charge is -2.20. The van der Waals surface area contributed by atoms with Gasteiger partial charge in [0.1, 0.15) is 5.75 Å². The minimum absolute atomic E-state index is 0.363. The lowest BCUT2D eigenvalue weighted by molar-refractivity contribution is 0.356. The second-order valence-electron chi connectivity index (χ2n) is 5.71. The van der Waals surface area contributed by atoms with E-state index in [1.807, 2.05) is 0 Å². The summed E-state index contributed by atoms with van der Waals surface area (Å²) in [5.41, 5.74) is 5.50. The summed E-state index contributed by atoms with van der Waals surface area (Å²) < 4.78 is 5.61. The summed E-state index contributed by atoms with van der Waals surface area (Å²) in [6.45, 7) is 6.16. The molecule has 0 spiro atoms. The number of rotatable bonds is 5. The average molecular weight is 281 g/mol. The predicted molar refractivity (Wildman–Crippen MR) is 86.9 cm³/mol. The fourth-order valence-corrected chi connectivity index (χ4v) is 3.04. The maximum absolute atomic E-state index is 5.61. The predicted octanol–water partition coefficient (Wildman–Crippen LogP) is 3.82. The smallest absolute Gasteiger partial charge is 0.122 e. The molecule has 0 fully saturated rings. The van der Waals surface area contributed by atoms with Crippen LogP contribution in [-0.4, -0.2) is 13.2 Å². The lowest BCUT2D eigenvalue weighted by Crippen LogP contribution is -2.23. The summed E-state index contributed by atoms with van der Waals surface area (Å²) in [5, 5.41) is 3.62. The first-order valence-electron chi connectivity index (χ1n) is 7.81. The molecule has 0 amide bonds. The molecule has 0 aliphatic carbocycles. The van der Waals surface area contributed by atoms with Gasteiger partial charge in [-0.3, -0.25) is 0 Å². The third-order valence-corrected chi connectivity index (χ3v) is 4.25. The molecule has 1 unspecified atom stereocenters. The van der Waals surface area contributed by atoms with E-state index in [0.29, 0.717) is 6.04 Å². The Balaban J connectivity index is 1.86. The van der Waals surface area contributed by atoms with E-state index >= 15 is 0 Å². The summed E-state index contributed by atoms with van der Waals surface area (Å²) in [6, 6.07) is 15.7. The molecule has 1 heterocycles. The summed E-state index contributed by atoms with van der Waals surface area (Å²) >= 11 is 0. The Morgan fingerprint density at radius 2 is 2.05 bits per heavy atom. The molecule has 0 aromatic heterocycles. The maximum atomic E-state index is 5.61. The van der Waals surface area contributed by atoms with Gasteiger partial charge in [0.25, 0.3) is 0 Å². The Bertz CT molecular complexity index is 621. The van der Waals surface area contributed by atoms with Gasteiger partial charge in [-0.05, 0) is 48.2 Å². The van der Waals surface area contributed by atoms with E-state index in [4.69, 9.17) is 4.74 Å². The van der Waals surface area contributed by atoms with Crippen molar-refractivity contribution >= 4 is 0 Å². The second kappa shape index (κ2) is 6.31. The van der Waals surface area contributed by atoms with Crippen LogP contribution < -0.4 is 10.1 Å². The van der Waals surface area contributed by atoms with Gasteiger partial charge in [0, 0.05) is 12.5 Å². The molecule has 0 radical (unpaired) electrons. The first-order valence-corrected chi connectivity index (χ1v) is 7.81. The first kappa shape index (κ1) is 14.2. The van der Waals surface area contributed by atoms with E-state index in [1.54, 1.807) is 0 Å². The van der Waals surface area contributed by atoms with Crippen LogP contribution in [0, 0.1) is 6.92 Å². The van der Waals surface area contributed by atoms with Gasteiger partial charge in [-0.2, -0.15) is 0 Å². The number of hydrogen-bond acceptors (Lipinski definition) is 2. The molecule has 2 nitrogen and oxygen atoms in total. The van der Waals surface area contributed by atoms with E-state index in [2.05, 4.69) is 61.6 Å². The van der Waals surface area contributed by atoms with Crippen LogP contribution in [0.5, 0.6) is 5.75 Å². The monoisotopic (exact) mass is 281 g/mol. The van der Waals surface area contributed by atoms with Crippen molar-refractivity contribution in [3.05, 3.63) is 64.7 Å². The van der Waals surface area contributed by atoms with Gasteiger partial charge in [-0.15, -0.1) is 0 Å². The molecule has 0 saturated heterocycles. The molecular formula is C19H23NO. The summed E-state index contributed by atoms with van der Waals surface area (Å²) in [5.74, 6) is 1.06. The fourth-order valence-electron chi connectivity index (χ4n) is 3.04.